The maximum Gasteiger partial charge on any atom is 0.0705 e. The SMILES string of the molecule is CCNC(CC(C)C)c1cccc2ncccc12. The summed E-state index contributed by atoms with van der Waals surface area (Å²) in [5, 5.41) is 4.86. The Labute approximate surface area is 109 Å². The maximum atomic E-state index is 4.44. The molecule has 1 heterocycles. The van der Waals surface area contributed by atoms with Gasteiger partial charge in [0.25, 0.3) is 0 Å². The van der Waals surface area contributed by atoms with Crippen LogP contribution < -0.4 is 5.32 Å². The van der Waals surface area contributed by atoms with Gasteiger partial charge in [-0.3, -0.25) is 4.98 Å². The summed E-state index contributed by atoms with van der Waals surface area (Å²) in [7, 11) is 0. The Kier molecular flexibility index (Phi) is 4.32. The van der Waals surface area contributed by atoms with Crippen LogP contribution in [0.1, 0.15) is 38.8 Å². The average molecular weight is 242 g/mol. The molecule has 0 bridgehead atoms. The highest BCUT2D eigenvalue weighted by atomic mass is 14.9. The van der Waals surface area contributed by atoms with E-state index >= 15 is 0 Å². The van der Waals surface area contributed by atoms with Crippen molar-refractivity contribution in [3.63, 3.8) is 0 Å². The standard InChI is InChI=1S/C16H22N2/c1-4-17-16(11-12(2)3)14-7-5-9-15-13(14)8-6-10-18-15/h5-10,12,16-17H,4,11H2,1-3H3. The summed E-state index contributed by atoms with van der Waals surface area (Å²) in [5.41, 5.74) is 2.46. The molecule has 96 valence electrons. The molecule has 1 aromatic carbocycles. The number of rotatable bonds is 5. The van der Waals surface area contributed by atoms with Crippen LogP contribution in [0.25, 0.3) is 10.9 Å². The van der Waals surface area contributed by atoms with Crippen LogP contribution in [0.5, 0.6) is 0 Å². The normalized spacial score (nSPS) is 13.1. The van der Waals surface area contributed by atoms with Crippen LogP contribution in [0.15, 0.2) is 36.5 Å². The van der Waals surface area contributed by atoms with Gasteiger partial charge in [-0.25, -0.2) is 0 Å². The first-order chi connectivity index (χ1) is 8.72. The van der Waals surface area contributed by atoms with Crippen molar-refractivity contribution in [2.75, 3.05) is 6.54 Å². The van der Waals surface area contributed by atoms with Gasteiger partial charge in [-0.05, 0) is 36.6 Å². The van der Waals surface area contributed by atoms with Crippen LogP contribution in [0.3, 0.4) is 0 Å². The summed E-state index contributed by atoms with van der Waals surface area (Å²) in [5.74, 6) is 0.681. The number of hydrogen-bond donors (Lipinski definition) is 1. The number of benzene rings is 1. The molecule has 2 rings (SSSR count). The summed E-state index contributed by atoms with van der Waals surface area (Å²) in [6.45, 7) is 7.70. The van der Waals surface area contributed by atoms with Crippen molar-refractivity contribution in [1.82, 2.24) is 10.3 Å². The summed E-state index contributed by atoms with van der Waals surface area (Å²) >= 11 is 0. The Morgan fingerprint density at radius 1 is 1.17 bits per heavy atom. The number of nitrogens with one attached hydrogen (secondary N) is 1. The average Bonchev–Trinajstić information content (AvgIpc) is 2.37. The van der Waals surface area contributed by atoms with Crippen molar-refractivity contribution in [3.05, 3.63) is 42.1 Å². The molecule has 0 fully saturated rings. The first-order valence-corrected chi connectivity index (χ1v) is 6.79. The second-order valence-electron chi connectivity index (χ2n) is 5.16. The molecule has 0 aliphatic carbocycles. The van der Waals surface area contributed by atoms with Crippen LogP contribution in [-0.4, -0.2) is 11.5 Å². The van der Waals surface area contributed by atoms with Crippen LogP contribution in [0.2, 0.25) is 0 Å². The topological polar surface area (TPSA) is 24.9 Å². The maximum absolute atomic E-state index is 4.44. The molecule has 0 spiro atoms. The van der Waals surface area contributed by atoms with Gasteiger partial charge in [0.05, 0.1) is 5.52 Å². The Morgan fingerprint density at radius 2 is 2.00 bits per heavy atom. The molecule has 1 N–H and O–H groups in total. The lowest BCUT2D eigenvalue weighted by molar-refractivity contribution is 0.440. The molecule has 0 amide bonds. The van der Waals surface area contributed by atoms with Gasteiger partial charge < -0.3 is 5.32 Å². The molecule has 1 unspecified atom stereocenters. The molecule has 0 aliphatic heterocycles. The number of aromatic nitrogens is 1. The van der Waals surface area contributed by atoms with E-state index in [9.17, 15) is 0 Å². The molecular weight excluding hydrogens is 220 g/mol. The molecule has 2 aromatic rings. The minimum Gasteiger partial charge on any atom is -0.310 e. The first kappa shape index (κ1) is 13.0. The Hall–Kier alpha value is -1.41. The van der Waals surface area contributed by atoms with Crippen LogP contribution in [0, 0.1) is 5.92 Å². The molecular formula is C16H22N2. The molecule has 18 heavy (non-hydrogen) atoms. The van der Waals surface area contributed by atoms with Crippen molar-refractivity contribution < 1.29 is 0 Å². The van der Waals surface area contributed by atoms with E-state index in [1.165, 1.54) is 10.9 Å². The minimum absolute atomic E-state index is 0.419. The lowest BCUT2D eigenvalue weighted by Crippen LogP contribution is -2.22. The quantitative estimate of drug-likeness (QED) is 0.859. The van der Waals surface area contributed by atoms with E-state index in [-0.39, 0.29) is 0 Å². The van der Waals surface area contributed by atoms with Gasteiger partial charge in [-0.15, -0.1) is 0 Å². The molecule has 2 nitrogen and oxygen atoms in total. The van der Waals surface area contributed by atoms with E-state index < -0.39 is 0 Å². The molecule has 0 aliphatic rings. The molecule has 0 saturated heterocycles. The Morgan fingerprint density at radius 3 is 2.72 bits per heavy atom. The minimum atomic E-state index is 0.419. The number of nitrogens with zero attached hydrogens (tertiary/aromatic N) is 1. The van der Waals surface area contributed by atoms with E-state index in [4.69, 9.17) is 0 Å². The fourth-order valence-electron chi connectivity index (χ4n) is 2.47. The van der Waals surface area contributed by atoms with E-state index in [0.717, 1.165) is 18.5 Å². The van der Waals surface area contributed by atoms with Gasteiger partial charge in [0, 0.05) is 17.6 Å². The smallest absolute Gasteiger partial charge is 0.0705 e. The number of fused-ring (bicyclic) bond motifs is 1. The van der Waals surface area contributed by atoms with Crippen molar-refractivity contribution in [3.8, 4) is 0 Å². The molecule has 1 aromatic heterocycles. The van der Waals surface area contributed by atoms with E-state index in [1.807, 2.05) is 12.3 Å². The lowest BCUT2D eigenvalue weighted by Gasteiger charge is -2.21. The van der Waals surface area contributed by atoms with Crippen LogP contribution in [-0.2, 0) is 0 Å². The van der Waals surface area contributed by atoms with Crippen molar-refractivity contribution in [2.24, 2.45) is 5.92 Å². The van der Waals surface area contributed by atoms with Gasteiger partial charge in [0.1, 0.15) is 0 Å². The lowest BCUT2D eigenvalue weighted by atomic mass is 9.94. The summed E-state index contributed by atoms with van der Waals surface area (Å²) in [6, 6.07) is 11.0. The monoisotopic (exact) mass is 242 g/mol. The molecule has 2 heteroatoms. The summed E-state index contributed by atoms with van der Waals surface area (Å²) < 4.78 is 0. The van der Waals surface area contributed by atoms with E-state index in [2.05, 4.69) is 55.3 Å². The molecule has 0 radical (unpaired) electrons. The highest BCUT2D eigenvalue weighted by Gasteiger charge is 2.14. The zero-order valence-corrected chi connectivity index (χ0v) is 11.5. The van der Waals surface area contributed by atoms with Crippen molar-refractivity contribution >= 4 is 10.9 Å². The largest absolute Gasteiger partial charge is 0.310 e. The third kappa shape index (κ3) is 2.88. The van der Waals surface area contributed by atoms with Gasteiger partial charge in [-0.1, -0.05) is 39.0 Å². The summed E-state index contributed by atoms with van der Waals surface area (Å²) in [4.78, 5) is 4.44. The molecule has 1 atom stereocenters. The second-order valence-corrected chi connectivity index (χ2v) is 5.16. The zero-order valence-electron chi connectivity index (χ0n) is 11.5. The Balaban J connectivity index is 2.43. The van der Waals surface area contributed by atoms with Gasteiger partial charge in [0.15, 0.2) is 0 Å². The third-order valence-corrected chi connectivity index (χ3v) is 3.21. The fraction of sp³-hybridized carbons (Fsp3) is 0.438. The van der Waals surface area contributed by atoms with Crippen LogP contribution in [0.4, 0.5) is 0 Å². The highest BCUT2D eigenvalue weighted by Crippen LogP contribution is 2.27. The third-order valence-electron chi connectivity index (χ3n) is 3.21. The number of hydrogen-bond acceptors (Lipinski definition) is 2. The highest BCUT2D eigenvalue weighted by molar-refractivity contribution is 5.82. The second kappa shape index (κ2) is 5.96. The zero-order chi connectivity index (χ0) is 13.0. The van der Waals surface area contributed by atoms with Gasteiger partial charge in [0.2, 0.25) is 0 Å². The van der Waals surface area contributed by atoms with Gasteiger partial charge in [-0.2, -0.15) is 0 Å². The molecule has 0 saturated carbocycles. The van der Waals surface area contributed by atoms with Gasteiger partial charge >= 0.3 is 0 Å². The van der Waals surface area contributed by atoms with Crippen molar-refractivity contribution in [2.45, 2.75) is 33.2 Å². The number of pyridine rings is 1. The van der Waals surface area contributed by atoms with E-state index in [1.54, 1.807) is 0 Å². The fourth-order valence-corrected chi connectivity index (χ4v) is 2.47. The van der Waals surface area contributed by atoms with Crippen LogP contribution >= 0.6 is 0 Å². The Bertz CT molecular complexity index is 500. The predicted molar refractivity (Wildman–Crippen MR) is 77.6 cm³/mol. The van der Waals surface area contributed by atoms with Crippen molar-refractivity contribution in [1.29, 1.82) is 0 Å². The predicted octanol–water partition coefficient (Wildman–Crippen LogP) is 3.93. The first-order valence-electron chi connectivity index (χ1n) is 6.79. The summed E-state index contributed by atoms with van der Waals surface area (Å²) in [6.07, 6.45) is 3.01. The van der Waals surface area contributed by atoms with E-state index in [0.29, 0.717) is 12.0 Å².